The molecule has 21 heavy (non-hydrogen) atoms. The van der Waals surface area contributed by atoms with E-state index in [0.29, 0.717) is 5.56 Å². The van der Waals surface area contributed by atoms with E-state index in [1.807, 2.05) is 14.1 Å². The summed E-state index contributed by atoms with van der Waals surface area (Å²) < 4.78 is 40.2. The number of nitrogens with zero attached hydrogens (tertiary/aromatic N) is 2. The van der Waals surface area contributed by atoms with Crippen LogP contribution in [0.5, 0.6) is 0 Å². The maximum atomic E-state index is 12.8. The van der Waals surface area contributed by atoms with Crippen molar-refractivity contribution in [3.05, 3.63) is 41.7 Å². The third-order valence-corrected chi connectivity index (χ3v) is 3.40. The number of halogens is 3. The first-order valence-electron chi connectivity index (χ1n) is 6.76. The number of nitrogens with one attached hydrogen (secondary N) is 1. The van der Waals surface area contributed by atoms with Crippen LogP contribution in [-0.2, 0) is 19.6 Å². The second-order valence-electron chi connectivity index (χ2n) is 4.91. The normalized spacial score (nSPS) is 11.9. The van der Waals surface area contributed by atoms with Gasteiger partial charge in [-0.25, -0.2) is 0 Å². The maximum absolute atomic E-state index is 12.8. The Kier molecular flexibility index (Phi) is 4.67. The van der Waals surface area contributed by atoms with E-state index >= 15 is 0 Å². The molecule has 0 fully saturated rings. The van der Waals surface area contributed by atoms with Crippen LogP contribution in [-0.4, -0.2) is 23.4 Å². The van der Waals surface area contributed by atoms with Crippen molar-refractivity contribution < 1.29 is 13.2 Å². The smallest absolute Gasteiger partial charge is 0.320 e. The Morgan fingerprint density at radius 2 is 2.05 bits per heavy atom. The maximum Gasteiger partial charge on any atom is 0.416 e. The lowest BCUT2D eigenvalue weighted by Gasteiger charge is -2.10. The largest absolute Gasteiger partial charge is 0.416 e. The van der Waals surface area contributed by atoms with E-state index in [1.54, 1.807) is 16.9 Å². The molecule has 2 aromatic rings. The summed E-state index contributed by atoms with van der Waals surface area (Å²) in [5.41, 5.74) is 1.63. The minimum Gasteiger partial charge on any atom is -0.320 e. The Bertz CT molecular complexity index is 602. The van der Waals surface area contributed by atoms with E-state index in [9.17, 15) is 13.2 Å². The van der Waals surface area contributed by atoms with Gasteiger partial charge in [0.05, 0.1) is 11.8 Å². The number of hydrogen-bond acceptors (Lipinski definition) is 2. The highest BCUT2D eigenvalue weighted by Crippen LogP contribution is 2.33. The highest BCUT2D eigenvalue weighted by Gasteiger charge is 2.30. The van der Waals surface area contributed by atoms with Gasteiger partial charge in [-0.05, 0) is 44.1 Å². The molecule has 1 heterocycles. The molecular weight excluding hydrogens is 279 g/mol. The summed E-state index contributed by atoms with van der Waals surface area (Å²) in [6.45, 7) is 0.854. The Morgan fingerprint density at radius 3 is 2.71 bits per heavy atom. The van der Waals surface area contributed by atoms with Gasteiger partial charge in [0.25, 0.3) is 0 Å². The van der Waals surface area contributed by atoms with Gasteiger partial charge in [0.1, 0.15) is 0 Å². The number of aromatic nitrogens is 2. The second kappa shape index (κ2) is 6.30. The number of benzene rings is 1. The molecule has 0 amide bonds. The molecule has 0 radical (unpaired) electrons. The minimum absolute atomic E-state index is 0.553. The molecule has 0 aliphatic heterocycles. The Hall–Kier alpha value is -1.82. The van der Waals surface area contributed by atoms with Crippen molar-refractivity contribution in [2.24, 2.45) is 7.05 Å². The average molecular weight is 297 g/mol. The standard InChI is InChI=1S/C15H18F3N3/c1-19-8-4-7-14-13(10-20-21(14)2)11-5-3-6-12(9-11)15(16,17)18/h3,5-6,9-10,19H,4,7-8H2,1-2H3. The van der Waals surface area contributed by atoms with Gasteiger partial charge in [0.15, 0.2) is 0 Å². The molecule has 2 rings (SSSR count). The number of hydrogen-bond donors (Lipinski definition) is 1. The predicted octanol–water partition coefficient (Wildman–Crippen LogP) is 3.26. The van der Waals surface area contributed by atoms with Gasteiger partial charge in [-0.2, -0.15) is 18.3 Å². The number of rotatable bonds is 5. The van der Waals surface area contributed by atoms with E-state index in [-0.39, 0.29) is 0 Å². The van der Waals surface area contributed by atoms with Gasteiger partial charge in [-0.1, -0.05) is 12.1 Å². The summed E-state index contributed by atoms with van der Waals surface area (Å²) >= 11 is 0. The topological polar surface area (TPSA) is 29.9 Å². The summed E-state index contributed by atoms with van der Waals surface area (Å²) in [5, 5.41) is 7.24. The lowest BCUT2D eigenvalue weighted by molar-refractivity contribution is -0.137. The monoisotopic (exact) mass is 297 g/mol. The highest BCUT2D eigenvalue weighted by molar-refractivity contribution is 5.66. The molecule has 0 saturated carbocycles. The fourth-order valence-electron chi connectivity index (χ4n) is 2.30. The van der Waals surface area contributed by atoms with Crippen LogP contribution in [0.25, 0.3) is 11.1 Å². The fraction of sp³-hybridized carbons (Fsp3) is 0.400. The highest BCUT2D eigenvalue weighted by atomic mass is 19.4. The molecule has 1 N–H and O–H groups in total. The van der Waals surface area contributed by atoms with E-state index in [2.05, 4.69) is 10.4 Å². The van der Waals surface area contributed by atoms with Gasteiger partial charge in [-0.15, -0.1) is 0 Å². The lowest BCUT2D eigenvalue weighted by Crippen LogP contribution is -2.10. The lowest BCUT2D eigenvalue weighted by atomic mass is 10.0. The summed E-state index contributed by atoms with van der Waals surface area (Å²) in [6.07, 6.45) is -1.03. The van der Waals surface area contributed by atoms with E-state index in [1.165, 1.54) is 12.1 Å². The van der Waals surface area contributed by atoms with E-state index in [0.717, 1.165) is 36.7 Å². The molecule has 3 nitrogen and oxygen atoms in total. The molecule has 0 bridgehead atoms. The van der Waals surface area contributed by atoms with Gasteiger partial charge in [0.2, 0.25) is 0 Å². The first-order chi connectivity index (χ1) is 9.93. The van der Waals surface area contributed by atoms with Crippen molar-refractivity contribution in [2.45, 2.75) is 19.0 Å². The molecular formula is C15H18F3N3. The van der Waals surface area contributed by atoms with Crippen LogP contribution in [0.4, 0.5) is 13.2 Å². The molecule has 114 valence electrons. The van der Waals surface area contributed by atoms with Crippen LogP contribution in [0.1, 0.15) is 17.7 Å². The first kappa shape index (κ1) is 15.6. The van der Waals surface area contributed by atoms with Crippen LogP contribution < -0.4 is 5.32 Å². The molecule has 6 heteroatoms. The van der Waals surface area contributed by atoms with Crippen LogP contribution in [0.15, 0.2) is 30.5 Å². The predicted molar refractivity (Wildman–Crippen MR) is 75.9 cm³/mol. The SMILES string of the molecule is CNCCCc1c(-c2cccc(C(F)(F)F)c2)cnn1C. The Balaban J connectivity index is 2.34. The molecule has 1 aromatic carbocycles. The summed E-state index contributed by atoms with van der Waals surface area (Å²) in [6, 6.07) is 5.38. The molecule has 0 unspecified atom stereocenters. The molecule has 1 aromatic heterocycles. The van der Waals surface area contributed by atoms with Crippen LogP contribution in [0, 0.1) is 0 Å². The quantitative estimate of drug-likeness (QED) is 0.859. The zero-order valence-corrected chi connectivity index (χ0v) is 12.0. The Morgan fingerprint density at radius 1 is 1.29 bits per heavy atom. The molecule has 0 saturated heterocycles. The van der Waals surface area contributed by atoms with Crippen molar-refractivity contribution in [3.63, 3.8) is 0 Å². The molecule has 0 aliphatic carbocycles. The molecule has 0 aliphatic rings. The van der Waals surface area contributed by atoms with Gasteiger partial charge >= 0.3 is 6.18 Å². The first-order valence-corrected chi connectivity index (χ1v) is 6.76. The summed E-state index contributed by atoms with van der Waals surface area (Å²) in [5.74, 6) is 0. The Labute approximate surface area is 121 Å². The van der Waals surface area contributed by atoms with Crippen molar-refractivity contribution >= 4 is 0 Å². The third kappa shape index (κ3) is 3.64. The fourth-order valence-corrected chi connectivity index (χ4v) is 2.30. The van der Waals surface area contributed by atoms with Crippen molar-refractivity contribution in [1.29, 1.82) is 0 Å². The zero-order chi connectivity index (χ0) is 15.5. The summed E-state index contributed by atoms with van der Waals surface area (Å²) in [7, 11) is 3.68. The summed E-state index contributed by atoms with van der Waals surface area (Å²) in [4.78, 5) is 0. The second-order valence-corrected chi connectivity index (χ2v) is 4.91. The van der Waals surface area contributed by atoms with Crippen LogP contribution >= 0.6 is 0 Å². The molecule has 0 spiro atoms. The van der Waals surface area contributed by atoms with Crippen LogP contribution in [0.3, 0.4) is 0 Å². The van der Waals surface area contributed by atoms with Crippen molar-refractivity contribution in [3.8, 4) is 11.1 Å². The minimum atomic E-state index is -4.33. The van der Waals surface area contributed by atoms with Gasteiger partial charge in [0, 0.05) is 18.3 Å². The number of alkyl halides is 3. The average Bonchev–Trinajstić information content (AvgIpc) is 2.80. The molecule has 0 atom stereocenters. The van der Waals surface area contributed by atoms with Gasteiger partial charge in [-0.3, -0.25) is 4.68 Å². The van der Waals surface area contributed by atoms with E-state index in [4.69, 9.17) is 0 Å². The van der Waals surface area contributed by atoms with Gasteiger partial charge < -0.3 is 5.32 Å². The third-order valence-electron chi connectivity index (χ3n) is 3.40. The van der Waals surface area contributed by atoms with Crippen molar-refractivity contribution in [2.75, 3.05) is 13.6 Å². The van der Waals surface area contributed by atoms with Crippen LogP contribution in [0.2, 0.25) is 0 Å². The van der Waals surface area contributed by atoms with Crippen molar-refractivity contribution in [1.82, 2.24) is 15.1 Å². The number of aryl methyl sites for hydroxylation is 1. The zero-order valence-electron chi connectivity index (χ0n) is 12.0. The van der Waals surface area contributed by atoms with E-state index < -0.39 is 11.7 Å².